The second-order valence-corrected chi connectivity index (χ2v) is 6.32. The average molecular weight is 316 g/mol. The van der Waals surface area contributed by atoms with E-state index in [9.17, 15) is 4.79 Å². The molecular weight excluding hydrogens is 288 g/mol. The predicted octanol–water partition coefficient (Wildman–Crippen LogP) is 5.00. The number of carbonyl (C=O) groups is 1. The van der Waals surface area contributed by atoms with Gasteiger partial charge in [0.2, 0.25) is 0 Å². The van der Waals surface area contributed by atoms with Crippen molar-refractivity contribution < 1.29 is 14.3 Å². The zero-order valence-corrected chi connectivity index (χ0v) is 14.5. The van der Waals surface area contributed by atoms with Crippen molar-refractivity contribution in [1.82, 2.24) is 0 Å². The molecule has 23 heavy (non-hydrogen) atoms. The van der Waals surface area contributed by atoms with Crippen LogP contribution in [0.5, 0.6) is 5.75 Å². The first-order chi connectivity index (χ1) is 11.1. The number of carbonyl (C=O) groups excluding carboxylic acids is 1. The highest BCUT2D eigenvalue weighted by molar-refractivity contribution is 5.91. The van der Waals surface area contributed by atoms with Gasteiger partial charge in [-0.3, -0.25) is 0 Å². The van der Waals surface area contributed by atoms with Crippen LogP contribution in [0.25, 0.3) is 5.57 Å². The van der Waals surface area contributed by atoms with E-state index in [0.717, 1.165) is 36.1 Å². The first kappa shape index (κ1) is 17.6. The molecule has 0 spiro atoms. The van der Waals surface area contributed by atoms with Gasteiger partial charge in [-0.1, -0.05) is 38.3 Å². The molecule has 0 aliphatic heterocycles. The van der Waals surface area contributed by atoms with Crippen LogP contribution in [0.3, 0.4) is 0 Å². The van der Waals surface area contributed by atoms with Crippen molar-refractivity contribution in [3.05, 3.63) is 35.9 Å². The number of rotatable bonds is 6. The van der Waals surface area contributed by atoms with Crippen molar-refractivity contribution in [3.8, 4) is 5.75 Å². The summed E-state index contributed by atoms with van der Waals surface area (Å²) in [7, 11) is 1.43. The minimum atomic E-state index is -0.273. The lowest BCUT2D eigenvalue weighted by atomic mass is 9.81. The van der Waals surface area contributed by atoms with Crippen LogP contribution in [-0.2, 0) is 9.53 Å². The van der Waals surface area contributed by atoms with Gasteiger partial charge in [0.05, 0.1) is 13.2 Å². The highest BCUT2D eigenvalue weighted by atomic mass is 16.5. The second kappa shape index (κ2) is 8.76. The standard InChI is InChI=1S/C20H28O3/c1-4-15(2)23-18-12-10-17(11-13-18)19(14-20(21)22-3)16-8-6-5-7-9-16/h10-16H,4-9H2,1-3H3. The average Bonchev–Trinajstić information content (AvgIpc) is 2.61. The molecule has 0 amide bonds. The van der Waals surface area contributed by atoms with Crippen LogP contribution < -0.4 is 4.74 Å². The Labute approximate surface area is 139 Å². The van der Waals surface area contributed by atoms with Crippen LogP contribution in [0.4, 0.5) is 0 Å². The van der Waals surface area contributed by atoms with Crippen molar-refractivity contribution in [1.29, 1.82) is 0 Å². The minimum absolute atomic E-state index is 0.212. The summed E-state index contributed by atoms with van der Waals surface area (Å²) in [6, 6.07) is 8.10. The SMILES string of the molecule is CCC(C)Oc1ccc(C(=CC(=O)OC)C2CCCCC2)cc1. The summed E-state index contributed by atoms with van der Waals surface area (Å²) < 4.78 is 10.7. The Bertz CT molecular complexity index is 524. The van der Waals surface area contributed by atoms with Gasteiger partial charge in [-0.25, -0.2) is 4.79 Å². The number of esters is 1. The van der Waals surface area contributed by atoms with Crippen LogP contribution in [0.1, 0.15) is 57.9 Å². The minimum Gasteiger partial charge on any atom is -0.491 e. The molecule has 3 heteroatoms. The van der Waals surface area contributed by atoms with E-state index >= 15 is 0 Å². The number of methoxy groups -OCH3 is 1. The fourth-order valence-electron chi connectivity index (χ4n) is 3.08. The Kier molecular flexibility index (Phi) is 6.69. The van der Waals surface area contributed by atoms with Gasteiger partial charge < -0.3 is 9.47 Å². The van der Waals surface area contributed by atoms with E-state index in [2.05, 4.69) is 26.0 Å². The molecule has 1 saturated carbocycles. The molecule has 2 rings (SSSR count). The molecule has 0 saturated heterocycles. The van der Waals surface area contributed by atoms with Crippen molar-refractivity contribution >= 4 is 11.5 Å². The molecule has 1 aromatic rings. The van der Waals surface area contributed by atoms with Crippen LogP contribution >= 0.6 is 0 Å². The van der Waals surface area contributed by atoms with Crippen LogP contribution in [0, 0.1) is 5.92 Å². The fourth-order valence-corrected chi connectivity index (χ4v) is 3.08. The number of hydrogen-bond acceptors (Lipinski definition) is 3. The Morgan fingerprint density at radius 2 is 1.87 bits per heavy atom. The molecule has 1 unspecified atom stereocenters. The third-order valence-corrected chi connectivity index (χ3v) is 4.62. The van der Waals surface area contributed by atoms with E-state index in [4.69, 9.17) is 9.47 Å². The molecule has 1 aliphatic rings. The zero-order chi connectivity index (χ0) is 16.7. The van der Waals surface area contributed by atoms with Crippen molar-refractivity contribution in [2.75, 3.05) is 7.11 Å². The number of ether oxygens (including phenoxy) is 2. The quantitative estimate of drug-likeness (QED) is 0.547. The molecule has 1 aliphatic carbocycles. The van der Waals surface area contributed by atoms with Gasteiger partial charge >= 0.3 is 5.97 Å². The third-order valence-electron chi connectivity index (χ3n) is 4.62. The molecule has 1 aromatic carbocycles. The number of benzene rings is 1. The highest BCUT2D eigenvalue weighted by Gasteiger charge is 2.20. The van der Waals surface area contributed by atoms with E-state index in [1.165, 1.54) is 26.4 Å². The van der Waals surface area contributed by atoms with Gasteiger partial charge in [0, 0.05) is 6.08 Å². The molecule has 126 valence electrons. The van der Waals surface area contributed by atoms with Gasteiger partial charge in [0.1, 0.15) is 5.75 Å². The van der Waals surface area contributed by atoms with Gasteiger partial charge in [0.15, 0.2) is 0 Å². The van der Waals surface area contributed by atoms with E-state index in [0.29, 0.717) is 5.92 Å². The van der Waals surface area contributed by atoms with E-state index in [-0.39, 0.29) is 12.1 Å². The number of hydrogen-bond donors (Lipinski definition) is 0. The normalized spacial score (nSPS) is 17.6. The summed E-state index contributed by atoms with van der Waals surface area (Å²) in [6.45, 7) is 4.18. The monoisotopic (exact) mass is 316 g/mol. The summed E-state index contributed by atoms with van der Waals surface area (Å²) in [5.74, 6) is 1.05. The summed E-state index contributed by atoms with van der Waals surface area (Å²) in [5, 5.41) is 0. The third kappa shape index (κ3) is 5.12. The Balaban J connectivity index is 2.21. The smallest absolute Gasteiger partial charge is 0.330 e. The van der Waals surface area contributed by atoms with Gasteiger partial charge in [-0.2, -0.15) is 0 Å². The van der Waals surface area contributed by atoms with E-state index < -0.39 is 0 Å². The summed E-state index contributed by atoms with van der Waals surface area (Å²) in [6.07, 6.45) is 8.92. The predicted molar refractivity (Wildman–Crippen MR) is 93.4 cm³/mol. The summed E-state index contributed by atoms with van der Waals surface area (Å²) >= 11 is 0. The Hall–Kier alpha value is -1.77. The maximum Gasteiger partial charge on any atom is 0.330 e. The van der Waals surface area contributed by atoms with Crippen molar-refractivity contribution in [2.24, 2.45) is 5.92 Å². The molecule has 0 N–H and O–H groups in total. The lowest BCUT2D eigenvalue weighted by Gasteiger charge is -2.25. The van der Waals surface area contributed by atoms with E-state index in [1.54, 1.807) is 6.08 Å². The van der Waals surface area contributed by atoms with Crippen LogP contribution in [0.15, 0.2) is 30.3 Å². The molecule has 0 aromatic heterocycles. The largest absolute Gasteiger partial charge is 0.491 e. The summed E-state index contributed by atoms with van der Waals surface area (Å²) in [4.78, 5) is 11.8. The Morgan fingerprint density at radius 1 is 1.22 bits per heavy atom. The van der Waals surface area contributed by atoms with Crippen LogP contribution in [0.2, 0.25) is 0 Å². The first-order valence-corrected chi connectivity index (χ1v) is 8.70. The lowest BCUT2D eigenvalue weighted by molar-refractivity contribution is -0.134. The number of allylic oxidation sites excluding steroid dienone is 1. The maximum atomic E-state index is 11.8. The molecule has 1 fully saturated rings. The van der Waals surface area contributed by atoms with Crippen molar-refractivity contribution in [2.45, 2.75) is 58.5 Å². The topological polar surface area (TPSA) is 35.5 Å². The molecule has 1 atom stereocenters. The van der Waals surface area contributed by atoms with Crippen molar-refractivity contribution in [3.63, 3.8) is 0 Å². The fraction of sp³-hybridized carbons (Fsp3) is 0.550. The van der Waals surface area contributed by atoms with Crippen LogP contribution in [-0.4, -0.2) is 19.2 Å². The van der Waals surface area contributed by atoms with Gasteiger partial charge in [0.25, 0.3) is 0 Å². The molecule has 3 nitrogen and oxygen atoms in total. The molecule has 0 bridgehead atoms. The summed E-state index contributed by atoms with van der Waals surface area (Å²) in [5.41, 5.74) is 2.20. The van der Waals surface area contributed by atoms with Gasteiger partial charge in [-0.15, -0.1) is 0 Å². The zero-order valence-electron chi connectivity index (χ0n) is 14.5. The molecule has 0 heterocycles. The maximum absolute atomic E-state index is 11.8. The first-order valence-electron chi connectivity index (χ1n) is 8.70. The highest BCUT2D eigenvalue weighted by Crippen LogP contribution is 2.36. The second-order valence-electron chi connectivity index (χ2n) is 6.32. The lowest BCUT2D eigenvalue weighted by Crippen LogP contribution is -2.11. The van der Waals surface area contributed by atoms with Gasteiger partial charge in [-0.05, 0) is 55.4 Å². The van der Waals surface area contributed by atoms with E-state index in [1.807, 2.05) is 12.1 Å². The Morgan fingerprint density at radius 3 is 2.43 bits per heavy atom. The molecular formula is C20H28O3. The molecule has 0 radical (unpaired) electrons.